The number of carboxylic acid groups (broad SMARTS) is 1. The van der Waals surface area contributed by atoms with Crippen LogP contribution in [0.1, 0.15) is 15.9 Å². The first-order chi connectivity index (χ1) is 6.45. The maximum absolute atomic E-state index is 11.2. The molecule has 6 heteroatoms. The van der Waals surface area contributed by atoms with Crippen molar-refractivity contribution in [1.29, 1.82) is 0 Å². The van der Waals surface area contributed by atoms with Crippen molar-refractivity contribution in [3.8, 4) is 0 Å². The van der Waals surface area contributed by atoms with E-state index in [1.807, 2.05) is 0 Å². The number of benzene rings is 1. The second kappa shape index (κ2) is 5.65. The van der Waals surface area contributed by atoms with Gasteiger partial charge in [0.25, 0.3) is 0 Å². The number of hydrogen-bond acceptors (Lipinski definition) is 4. The summed E-state index contributed by atoms with van der Waals surface area (Å²) >= 11 is 3.11. The molecule has 0 unspecified atom stereocenters. The summed E-state index contributed by atoms with van der Waals surface area (Å²) in [6, 6.07) is 3.17. The third kappa shape index (κ3) is 3.04. The molecule has 0 radical (unpaired) electrons. The van der Waals surface area contributed by atoms with E-state index in [0.717, 1.165) is 5.56 Å². The predicted molar refractivity (Wildman–Crippen MR) is 52.6 cm³/mol. The Morgan fingerprint density at radius 1 is 1.40 bits per heavy atom. The van der Waals surface area contributed by atoms with Gasteiger partial charge in [-0.2, -0.15) is 0 Å². The number of halogens is 1. The Morgan fingerprint density at radius 3 is 2.40 bits per heavy atom. The van der Waals surface area contributed by atoms with Gasteiger partial charge >= 0.3 is 29.6 Å². The third-order valence-corrected chi connectivity index (χ3v) is 2.80. The Balaban J connectivity index is 0.00000196. The van der Waals surface area contributed by atoms with Crippen molar-refractivity contribution in [2.45, 2.75) is 6.92 Å². The quantitative estimate of drug-likeness (QED) is 0.276. The van der Waals surface area contributed by atoms with E-state index in [1.54, 1.807) is 13.0 Å². The molecule has 0 fully saturated rings. The average Bonchev–Trinajstić information content (AvgIpc) is 2.12. The molecule has 1 rings (SSSR count). The van der Waals surface area contributed by atoms with Crippen LogP contribution in [0, 0.1) is 6.92 Å². The van der Waals surface area contributed by atoms with Crippen LogP contribution in [0.5, 0.6) is 0 Å². The molecule has 74 valence electrons. The van der Waals surface area contributed by atoms with Crippen molar-refractivity contribution in [3.05, 3.63) is 27.7 Å². The molecule has 0 aliphatic rings. The van der Waals surface area contributed by atoms with Crippen LogP contribution in [0.25, 0.3) is 0 Å². The molecule has 15 heavy (non-hydrogen) atoms. The Bertz CT molecular complexity index is 420. The molecule has 0 bridgehead atoms. The first-order valence-electron chi connectivity index (χ1n) is 3.75. The van der Waals surface area contributed by atoms with Crippen molar-refractivity contribution in [2.24, 2.45) is 0 Å². The smallest absolute Gasteiger partial charge is 0.541 e. The fraction of sp³-hybridized carbons (Fsp3) is 0.111. The number of rotatable bonds is 2. The van der Waals surface area contributed by atoms with Crippen molar-refractivity contribution in [2.75, 3.05) is 5.73 Å². The molecule has 1 aromatic carbocycles. The normalized spacial score (nSPS) is 9.20. The number of Topliss-reactive ketones (excluding diaryl/α,β-unsaturated/α-hetero) is 1. The van der Waals surface area contributed by atoms with Gasteiger partial charge in [-0.3, -0.25) is 4.79 Å². The van der Waals surface area contributed by atoms with Gasteiger partial charge < -0.3 is 15.6 Å². The zero-order valence-electron chi connectivity index (χ0n) is 8.33. The van der Waals surface area contributed by atoms with E-state index < -0.39 is 11.8 Å². The summed E-state index contributed by atoms with van der Waals surface area (Å²) in [7, 11) is 0. The van der Waals surface area contributed by atoms with Gasteiger partial charge in [0.15, 0.2) is 0 Å². The second-order valence-corrected chi connectivity index (χ2v) is 3.57. The van der Waals surface area contributed by atoms with Crippen molar-refractivity contribution < 1.29 is 44.3 Å². The number of aliphatic carboxylic acids is 1. The molecule has 1 aromatic rings. The standard InChI is InChI=1S/C9H8BrNO3.Na/c1-4-2-3-5(11)6(7(4)10)8(12)9(13)14;/h2-3H,11H2,1H3,(H,13,14);/q;+1/p-1. The van der Waals surface area contributed by atoms with Crippen LogP contribution < -0.4 is 40.4 Å². The minimum Gasteiger partial charge on any atom is -0.541 e. The molecule has 0 aliphatic heterocycles. The molecular formula is C9H7BrNNaO3. The summed E-state index contributed by atoms with van der Waals surface area (Å²) in [6.45, 7) is 1.73. The molecule has 0 saturated heterocycles. The number of ketones is 1. The molecular weight excluding hydrogens is 273 g/mol. The fourth-order valence-electron chi connectivity index (χ4n) is 1.03. The van der Waals surface area contributed by atoms with E-state index >= 15 is 0 Å². The van der Waals surface area contributed by atoms with E-state index in [9.17, 15) is 14.7 Å². The third-order valence-electron chi connectivity index (χ3n) is 1.78. The topological polar surface area (TPSA) is 83.2 Å². The van der Waals surface area contributed by atoms with Crippen LogP contribution in [0.3, 0.4) is 0 Å². The van der Waals surface area contributed by atoms with Crippen LogP contribution >= 0.6 is 15.9 Å². The molecule has 2 N–H and O–H groups in total. The van der Waals surface area contributed by atoms with E-state index in [2.05, 4.69) is 15.9 Å². The van der Waals surface area contributed by atoms with Gasteiger partial charge in [-0.25, -0.2) is 0 Å². The number of nitrogens with two attached hydrogens (primary N) is 1. The minimum absolute atomic E-state index is 0. The second-order valence-electron chi connectivity index (χ2n) is 2.78. The van der Waals surface area contributed by atoms with Gasteiger partial charge in [0, 0.05) is 10.2 Å². The minimum atomic E-state index is -1.76. The largest absolute Gasteiger partial charge is 1.00 e. The van der Waals surface area contributed by atoms with Gasteiger partial charge in [-0.05, 0) is 34.5 Å². The molecule has 0 aromatic heterocycles. The van der Waals surface area contributed by atoms with Gasteiger partial charge in [0.2, 0.25) is 5.78 Å². The maximum atomic E-state index is 11.2. The first kappa shape index (κ1) is 14.6. The number of carboxylic acids is 1. The number of carbonyl (C=O) groups excluding carboxylic acids is 2. The molecule has 0 spiro atoms. The van der Waals surface area contributed by atoms with Crippen LogP contribution in [0.2, 0.25) is 0 Å². The van der Waals surface area contributed by atoms with Crippen LogP contribution in [0.4, 0.5) is 5.69 Å². The van der Waals surface area contributed by atoms with E-state index in [-0.39, 0.29) is 40.8 Å². The van der Waals surface area contributed by atoms with Crippen LogP contribution in [-0.2, 0) is 4.79 Å². The number of anilines is 1. The van der Waals surface area contributed by atoms with Crippen molar-refractivity contribution >= 4 is 33.4 Å². The molecule has 0 atom stereocenters. The van der Waals surface area contributed by atoms with Gasteiger partial charge in [-0.1, -0.05) is 6.07 Å². The zero-order valence-corrected chi connectivity index (χ0v) is 11.9. The van der Waals surface area contributed by atoms with Crippen LogP contribution in [0.15, 0.2) is 16.6 Å². The first-order valence-corrected chi connectivity index (χ1v) is 4.54. The fourth-order valence-corrected chi connectivity index (χ4v) is 1.57. The van der Waals surface area contributed by atoms with Gasteiger partial charge in [0.05, 0.1) is 5.56 Å². The van der Waals surface area contributed by atoms with Gasteiger partial charge in [0.1, 0.15) is 5.97 Å². The van der Waals surface area contributed by atoms with E-state index in [0.29, 0.717) is 4.47 Å². The molecule has 0 saturated carbocycles. The summed E-state index contributed by atoms with van der Waals surface area (Å²) in [4.78, 5) is 21.5. The van der Waals surface area contributed by atoms with Gasteiger partial charge in [-0.15, -0.1) is 0 Å². The number of hydrogen-bond donors (Lipinski definition) is 1. The number of nitrogen functional groups attached to an aromatic ring is 1. The summed E-state index contributed by atoms with van der Waals surface area (Å²) in [5, 5.41) is 10.4. The van der Waals surface area contributed by atoms with Crippen molar-refractivity contribution in [1.82, 2.24) is 0 Å². The average molecular weight is 280 g/mol. The summed E-state index contributed by atoms with van der Waals surface area (Å²) in [6.07, 6.45) is 0. The summed E-state index contributed by atoms with van der Waals surface area (Å²) in [5.41, 5.74) is 6.30. The van der Waals surface area contributed by atoms with E-state index in [1.165, 1.54) is 6.07 Å². The monoisotopic (exact) mass is 279 g/mol. The Labute approximate surface area is 117 Å². The summed E-state index contributed by atoms with van der Waals surface area (Å²) in [5.74, 6) is -2.87. The molecule has 0 heterocycles. The zero-order chi connectivity index (χ0) is 10.9. The Hall–Kier alpha value is -0.360. The molecule has 0 amide bonds. The molecule has 0 aliphatic carbocycles. The predicted octanol–water partition coefficient (Wildman–Crippen LogP) is -2.72. The number of carbonyl (C=O) groups is 2. The van der Waals surface area contributed by atoms with E-state index in [4.69, 9.17) is 5.73 Å². The van der Waals surface area contributed by atoms with Crippen molar-refractivity contribution in [3.63, 3.8) is 0 Å². The Kier molecular flexibility index (Phi) is 5.51. The van der Waals surface area contributed by atoms with Crippen LogP contribution in [-0.4, -0.2) is 11.8 Å². The number of aryl methyl sites for hydroxylation is 1. The maximum Gasteiger partial charge on any atom is 1.00 e. The summed E-state index contributed by atoms with van der Waals surface area (Å²) < 4.78 is 0.395. The Morgan fingerprint density at radius 2 is 1.93 bits per heavy atom. The SMILES string of the molecule is Cc1ccc(N)c(C(=O)C(=O)[O-])c1Br.[Na+]. The molecule has 4 nitrogen and oxygen atoms in total.